The summed E-state index contributed by atoms with van der Waals surface area (Å²) in [6, 6.07) is 1.40. The number of aliphatic hydroxyl groups is 1. The molecule has 0 spiro atoms. The van der Waals surface area contributed by atoms with Crippen LogP contribution in [0.25, 0.3) is 0 Å². The summed E-state index contributed by atoms with van der Waals surface area (Å²) in [7, 11) is 0. The molecule has 0 radical (unpaired) electrons. The normalized spacial score (nSPS) is 30.1. The van der Waals surface area contributed by atoms with Crippen LogP contribution in [0.5, 0.6) is 0 Å². The van der Waals surface area contributed by atoms with Crippen molar-refractivity contribution in [1.82, 2.24) is 9.55 Å². The van der Waals surface area contributed by atoms with Crippen molar-refractivity contribution < 1.29 is 14.2 Å². The largest absolute Gasteiger partial charge is 0.393 e. The van der Waals surface area contributed by atoms with Gasteiger partial charge in [-0.15, -0.1) is 0 Å². The molecule has 3 atom stereocenters. The molecule has 1 aliphatic rings. The molecule has 1 aromatic rings. The van der Waals surface area contributed by atoms with Gasteiger partial charge in [0.25, 0.3) is 0 Å². The van der Waals surface area contributed by atoms with Crippen molar-refractivity contribution in [3.63, 3.8) is 0 Å². The van der Waals surface area contributed by atoms with Crippen LogP contribution in [0.4, 0.5) is 10.2 Å². The van der Waals surface area contributed by atoms with Crippen molar-refractivity contribution in [2.24, 2.45) is 0 Å². The summed E-state index contributed by atoms with van der Waals surface area (Å²) in [4.78, 5) is 15.3. The number of hydrogen-bond acceptors (Lipinski definition) is 5. The number of hydrogen-bond donors (Lipinski definition) is 2. The van der Waals surface area contributed by atoms with Crippen LogP contribution in [0.1, 0.15) is 26.0 Å². The molecule has 6 nitrogen and oxygen atoms in total. The SMILES string of the molecule is CC/C=C/[C@@]1(CO)C[C@@H](F)[C@H](n2ccc(N)nc2=O)O1. The number of ether oxygens (including phenoxy) is 1. The minimum atomic E-state index is -1.41. The molecule has 110 valence electrons. The van der Waals surface area contributed by atoms with Crippen LogP contribution in [0.2, 0.25) is 0 Å². The average molecular weight is 283 g/mol. The molecule has 0 unspecified atom stereocenters. The van der Waals surface area contributed by atoms with Gasteiger partial charge >= 0.3 is 5.69 Å². The van der Waals surface area contributed by atoms with Crippen LogP contribution in [-0.4, -0.2) is 33.0 Å². The Hall–Kier alpha value is -1.73. The summed E-state index contributed by atoms with van der Waals surface area (Å²) in [6.45, 7) is 1.58. The number of halogens is 1. The highest BCUT2D eigenvalue weighted by Gasteiger charge is 2.46. The summed E-state index contributed by atoms with van der Waals surface area (Å²) in [5, 5.41) is 9.47. The maximum atomic E-state index is 14.2. The lowest BCUT2D eigenvalue weighted by Gasteiger charge is -2.23. The van der Waals surface area contributed by atoms with Crippen molar-refractivity contribution in [3.05, 3.63) is 34.9 Å². The number of aromatic nitrogens is 2. The zero-order valence-electron chi connectivity index (χ0n) is 11.2. The van der Waals surface area contributed by atoms with Crippen LogP contribution in [0, 0.1) is 0 Å². The molecule has 0 aromatic carbocycles. The lowest BCUT2D eigenvalue weighted by molar-refractivity contribution is -0.0794. The van der Waals surface area contributed by atoms with Gasteiger partial charge < -0.3 is 15.6 Å². The number of nitrogens with two attached hydrogens (primary N) is 1. The van der Waals surface area contributed by atoms with E-state index in [1.54, 1.807) is 12.2 Å². The molecule has 2 rings (SSSR count). The van der Waals surface area contributed by atoms with Crippen molar-refractivity contribution in [2.75, 3.05) is 12.3 Å². The number of alkyl halides is 1. The van der Waals surface area contributed by atoms with E-state index in [-0.39, 0.29) is 18.8 Å². The Kier molecular flexibility index (Phi) is 4.20. The number of nitrogen functional groups attached to an aromatic ring is 1. The third-order valence-electron chi connectivity index (χ3n) is 3.26. The Morgan fingerprint density at radius 3 is 3.10 bits per heavy atom. The molecule has 1 saturated heterocycles. The Labute approximate surface area is 115 Å². The molecule has 20 heavy (non-hydrogen) atoms. The molecular formula is C13H18FN3O3. The quantitative estimate of drug-likeness (QED) is 0.797. The first-order chi connectivity index (χ1) is 9.51. The Morgan fingerprint density at radius 2 is 2.50 bits per heavy atom. The summed E-state index contributed by atoms with van der Waals surface area (Å²) in [5.41, 5.74) is 3.62. The number of allylic oxidation sites excluding steroid dienone is 1. The van der Waals surface area contributed by atoms with Crippen LogP contribution >= 0.6 is 0 Å². The van der Waals surface area contributed by atoms with Crippen LogP contribution in [0.15, 0.2) is 29.2 Å². The lowest BCUT2D eigenvalue weighted by atomic mass is 9.99. The van der Waals surface area contributed by atoms with Crippen molar-refractivity contribution in [2.45, 2.75) is 37.8 Å². The molecule has 0 bridgehead atoms. The van der Waals surface area contributed by atoms with E-state index < -0.39 is 23.7 Å². The van der Waals surface area contributed by atoms with E-state index in [9.17, 15) is 14.3 Å². The van der Waals surface area contributed by atoms with Gasteiger partial charge in [0.05, 0.1) is 6.61 Å². The van der Waals surface area contributed by atoms with Gasteiger partial charge in [-0.2, -0.15) is 4.98 Å². The Balaban J connectivity index is 2.30. The third-order valence-corrected chi connectivity index (χ3v) is 3.26. The standard InChI is InChI=1S/C13H18FN3O3/c1-2-3-5-13(8-18)7-9(14)11(20-13)17-6-4-10(15)16-12(17)19/h3-6,9,11,18H,2,7-8H2,1H3,(H2,15,16,19)/b5-3+/t9-,11-,13+/m1/s1. The minimum absolute atomic E-state index is 0.0124. The van der Waals surface area contributed by atoms with E-state index in [0.717, 1.165) is 11.0 Å². The van der Waals surface area contributed by atoms with E-state index in [1.165, 1.54) is 12.3 Å². The summed E-state index contributed by atoms with van der Waals surface area (Å²) >= 11 is 0. The number of nitrogens with zero attached hydrogens (tertiary/aromatic N) is 2. The molecule has 1 aliphatic heterocycles. The highest BCUT2D eigenvalue weighted by Crippen LogP contribution is 2.38. The van der Waals surface area contributed by atoms with Crippen LogP contribution < -0.4 is 11.4 Å². The van der Waals surface area contributed by atoms with E-state index in [0.29, 0.717) is 0 Å². The van der Waals surface area contributed by atoms with E-state index in [4.69, 9.17) is 10.5 Å². The van der Waals surface area contributed by atoms with Crippen LogP contribution in [0.3, 0.4) is 0 Å². The highest BCUT2D eigenvalue weighted by atomic mass is 19.1. The molecule has 0 amide bonds. The zero-order valence-corrected chi connectivity index (χ0v) is 11.2. The van der Waals surface area contributed by atoms with Gasteiger partial charge in [0.2, 0.25) is 0 Å². The topological polar surface area (TPSA) is 90.4 Å². The Bertz CT molecular complexity index is 560. The second kappa shape index (κ2) is 5.72. The molecule has 0 aliphatic carbocycles. The summed E-state index contributed by atoms with van der Waals surface area (Å²) in [6.07, 6.45) is 3.01. The lowest BCUT2D eigenvalue weighted by Crippen LogP contribution is -2.33. The Morgan fingerprint density at radius 1 is 1.75 bits per heavy atom. The fourth-order valence-electron chi connectivity index (χ4n) is 2.24. The smallest absolute Gasteiger partial charge is 0.351 e. The number of anilines is 1. The highest BCUT2D eigenvalue weighted by molar-refractivity contribution is 5.23. The van der Waals surface area contributed by atoms with Gasteiger partial charge in [0.1, 0.15) is 17.6 Å². The first-order valence-electron chi connectivity index (χ1n) is 6.46. The minimum Gasteiger partial charge on any atom is -0.393 e. The third kappa shape index (κ3) is 2.73. The molecule has 1 fully saturated rings. The van der Waals surface area contributed by atoms with Gasteiger partial charge in [0.15, 0.2) is 6.23 Å². The van der Waals surface area contributed by atoms with E-state index >= 15 is 0 Å². The first kappa shape index (κ1) is 14.7. The van der Waals surface area contributed by atoms with Crippen LogP contribution in [-0.2, 0) is 4.74 Å². The average Bonchev–Trinajstić information content (AvgIpc) is 2.74. The fraction of sp³-hybridized carbons (Fsp3) is 0.538. The van der Waals surface area contributed by atoms with Crippen molar-refractivity contribution >= 4 is 5.82 Å². The maximum Gasteiger partial charge on any atom is 0.351 e. The van der Waals surface area contributed by atoms with E-state index in [1.807, 2.05) is 6.92 Å². The molecule has 0 saturated carbocycles. The molecule has 1 aromatic heterocycles. The molecule has 7 heteroatoms. The van der Waals surface area contributed by atoms with Gasteiger partial charge in [-0.3, -0.25) is 4.57 Å². The molecule has 3 N–H and O–H groups in total. The zero-order chi connectivity index (χ0) is 14.8. The number of aliphatic hydroxyl groups excluding tert-OH is 1. The van der Waals surface area contributed by atoms with E-state index in [2.05, 4.69) is 4.98 Å². The van der Waals surface area contributed by atoms with Crippen molar-refractivity contribution in [3.8, 4) is 0 Å². The monoisotopic (exact) mass is 283 g/mol. The van der Waals surface area contributed by atoms with Gasteiger partial charge in [-0.1, -0.05) is 19.1 Å². The maximum absolute atomic E-state index is 14.2. The molecular weight excluding hydrogens is 265 g/mol. The second-order valence-corrected chi connectivity index (χ2v) is 4.80. The molecule has 2 heterocycles. The first-order valence-corrected chi connectivity index (χ1v) is 6.46. The fourth-order valence-corrected chi connectivity index (χ4v) is 2.24. The number of rotatable bonds is 4. The van der Waals surface area contributed by atoms with Crippen molar-refractivity contribution in [1.29, 1.82) is 0 Å². The van der Waals surface area contributed by atoms with Gasteiger partial charge in [-0.05, 0) is 12.5 Å². The predicted octanol–water partition coefficient (Wildman–Crippen LogP) is 0.780. The summed E-state index contributed by atoms with van der Waals surface area (Å²) < 4.78 is 20.8. The second-order valence-electron chi connectivity index (χ2n) is 4.80. The predicted molar refractivity (Wildman–Crippen MR) is 71.8 cm³/mol. The van der Waals surface area contributed by atoms with Gasteiger partial charge in [-0.25, -0.2) is 9.18 Å². The van der Waals surface area contributed by atoms with Gasteiger partial charge in [0, 0.05) is 12.6 Å². The summed E-state index contributed by atoms with van der Waals surface area (Å²) in [5.74, 6) is 0.0685.